The summed E-state index contributed by atoms with van der Waals surface area (Å²) < 4.78 is 0. The maximum absolute atomic E-state index is 10.3. The van der Waals surface area contributed by atoms with Crippen molar-refractivity contribution in [3.63, 3.8) is 0 Å². The molecule has 0 spiro atoms. The number of aromatic carboxylic acids is 1. The molecule has 0 aliphatic rings. The van der Waals surface area contributed by atoms with E-state index in [4.69, 9.17) is 15.9 Å². The van der Waals surface area contributed by atoms with Crippen molar-refractivity contribution in [3.8, 4) is 5.75 Å². The van der Waals surface area contributed by atoms with E-state index in [-0.39, 0.29) is 30.8 Å². The molecule has 0 atom stereocenters. The summed E-state index contributed by atoms with van der Waals surface area (Å²) in [6, 6.07) is 5.81. The summed E-state index contributed by atoms with van der Waals surface area (Å²) in [5.41, 5.74) is 5.28. The molecule has 0 unspecified atom stereocenters. The van der Waals surface area contributed by atoms with Gasteiger partial charge in [0, 0.05) is 19.5 Å². The van der Waals surface area contributed by atoms with Crippen LogP contribution in [0.25, 0.3) is 0 Å². The van der Waals surface area contributed by atoms with E-state index in [9.17, 15) is 4.79 Å². The van der Waals surface area contributed by atoms with E-state index in [1.807, 2.05) is 0 Å². The first-order chi connectivity index (χ1) is 9.13. The predicted octanol–water partition coefficient (Wildman–Crippen LogP) is 3.39. The van der Waals surface area contributed by atoms with E-state index in [1.165, 1.54) is 50.7 Å². The van der Waals surface area contributed by atoms with Gasteiger partial charge in [-0.1, -0.05) is 51.2 Å². The summed E-state index contributed by atoms with van der Waals surface area (Å²) >= 11 is 0. The summed E-state index contributed by atoms with van der Waals surface area (Å²) in [6.45, 7) is 3.11. The minimum Gasteiger partial charge on any atom is -0.507 e. The Morgan fingerprint density at radius 2 is 1.65 bits per heavy atom. The number of hydrogen-bond donors (Lipinski definition) is 3. The number of para-hydroxylation sites is 1. The van der Waals surface area contributed by atoms with Gasteiger partial charge in [-0.3, -0.25) is 0 Å². The maximum atomic E-state index is 10.3. The van der Waals surface area contributed by atoms with Crippen LogP contribution in [0.4, 0.5) is 0 Å². The molecule has 0 heterocycles. The molecule has 1 aromatic carbocycles. The van der Waals surface area contributed by atoms with E-state index in [2.05, 4.69) is 6.92 Å². The number of carbonyl (C=O) groups is 1. The average Bonchev–Trinajstić information content (AvgIpc) is 2.40. The zero-order valence-corrected chi connectivity index (χ0v) is 13.7. The minimum atomic E-state index is -1.11. The van der Waals surface area contributed by atoms with Gasteiger partial charge in [0.15, 0.2) is 0 Å². The van der Waals surface area contributed by atoms with Crippen LogP contribution in [0.3, 0.4) is 0 Å². The molecule has 0 amide bonds. The Kier molecular flexibility index (Phi) is 15.5. The zero-order valence-electron chi connectivity index (χ0n) is 12.0. The van der Waals surface area contributed by atoms with E-state index < -0.39 is 5.97 Å². The molecule has 0 bridgehead atoms. The Bertz CT molecular complexity index is 353. The monoisotopic (exact) mass is 369 g/mol. The van der Waals surface area contributed by atoms with Crippen molar-refractivity contribution in [2.75, 3.05) is 6.54 Å². The molecule has 0 radical (unpaired) electrons. The van der Waals surface area contributed by atoms with E-state index in [0.29, 0.717) is 0 Å². The van der Waals surface area contributed by atoms with Crippen molar-refractivity contribution in [2.45, 2.75) is 45.4 Å². The fourth-order valence-electron chi connectivity index (χ4n) is 1.58. The van der Waals surface area contributed by atoms with Crippen LogP contribution < -0.4 is 5.73 Å². The van der Waals surface area contributed by atoms with Gasteiger partial charge in [-0.25, -0.2) is 4.79 Å². The van der Waals surface area contributed by atoms with Crippen molar-refractivity contribution >= 4 is 5.97 Å². The number of aromatic hydroxyl groups is 1. The maximum Gasteiger partial charge on any atom is 0.339 e. The number of nitrogens with two attached hydrogens (primary N) is 1. The van der Waals surface area contributed by atoms with Gasteiger partial charge in [-0.05, 0) is 25.1 Å². The molecular formula is C15H25NO3Ru. The van der Waals surface area contributed by atoms with Crippen molar-refractivity contribution in [2.24, 2.45) is 5.73 Å². The summed E-state index contributed by atoms with van der Waals surface area (Å²) in [5.74, 6) is -1.31. The second kappa shape index (κ2) is 14.5. The fraction of sp³-hybridized carbons (Fsp3) is 0.533. The summed E-state index contributed by atoms with van der Waals surface area (Å²) in [6.07, 6.45) is 8.05. The Morgan fingerprint density at radius 3 is 2.10 bits per heavy atom. The molecule has 0 aromatic heterocycles. The number of carboxylic acids is 1. The van der Waals surface area contributed by atoms with Gasteiger partial charge >= 0.3 is 5.97 Å². The molecular weight excluding hydrogens is 343 g/mol. The molecule has 0 fully saturated rings. The fourth-order valence-corrected chi connectivity index (χ4v) is 1.58. The predicted molar refractivity (Wildman–Crippen MR) is 77.5 cm³/mol. The van der Waals surface area contributed by atoms with Gasteiger partial charge in [0.2, 0.25) is 0 Å². The second-order valence-corrected chi connectivity index (χ2v) is 4.38. The van der Waals surface area contributed by atoms with Crippen LogP contribution in [0.2, 0.25) is 0 Å². The molecule has 4 nitrogen and oxygen atoms in total. The Labute approximate surface area is 134 Å². The molecule has 116 valence electrons. The third-order valence-corrected chi connectivity index (χ3v) is 2.69. The molecule has 20 heavy (non-hydrogen) atoms. The van der Waals surface area contributed by atoms with Crippen LogP contribution in [-0.4, -0.2) is 22.7 Å². The molecule has 5 heteroatoms. The number of rotatable bonds is 7. The molecule has 0 saturated carbocycles. The van der Waals surface area contributed by atoms with Crippen molar-refractivity contribution in [1.82, 2.24) is 0 Å². The van der Waals surface area contributed by atoms with E-state index >= 15 is 0 Å². The minimum absolute atomic E-state index is 0. The van der Waals surface area contributed by atoms with Gasteiger partial charge in [-0.2, -0.15) is 0 Å². The quantitative estimate of drug-likeness (QED) is 0.509. The molecule has 1 rings (SSSR count). The van der Waals surface area contributed by atoms with Gasteiger partial charge in [-0.15, -0.1) is 0 Å². The first-order valence-electron chi connectivity index (χ1n) is 6.84. The van der Waals surface area contributed by atoms with Crippen molar-refractivity contribution in [1.29, 1.82) is 0 Å². The first-order valence-corrected chi connectivity index (χ1v) is 6.84. The number of benzene rings is 1. The Morgan fingerprint density at radius 1 is 1.10 bits per heavy atom. The van der Waals surface area contributed by atoms with Crippen LogP contribution in [0.5, 0.6) is 5.75 Å². The van der Waals surface area contributed by atoms with Crippen LogP contribution in [0.15, 0.2) is 24.3 Å². The number of phenols is 1. The summed E-state index contributed by atoms with van der Waals surface area (Å²) in [4.78, 5) is 10.3. The standard InChI is InChI=1S/C8H19N.C7H6O3.Ru/c1-2-3-4-5-6-7-8-9;8-6-4-2-1-3-5(6)7(9)10;/h2-9H2,1H3;1-4,8H,(H,9,10);. The van der Waals surface area contributed by atoms with E-state index in [1.54, 1.807) is 12.1 Å². The Hall–Kier alpha value is -0.927. The van der Waals surface area contributed by atoms with Gasteiger partial charge < -0.3 is 15.9 Å². The first kappa shape index (κ1) is 21.4. The van der Waals surface area contributed by atoms with E-state index in [0.717, 1.165) is 6.54 Å². The number of carboxylic acid groups (broad SMARTS) is 1. The number of unbranched alkanes of at least 4 members (excludes halogenated alkanes) is 5. The topological polar surface area (TPSA) is 83.6 Å². The third-order valence-electron chi connectivity index (χ3n) is 2.69. The van der Waals surface area contributed by atoms with Crippen molar-refractivity contribution < 1.29 is 34.5 Å². The largest absolute Gasteiger partial charge is 0.507 e. The van der Waals surface area contributed by atoms with Gasteiger partial charge in [0.25, 0.3) is 0 Å². The number of hydrogen-bond acceptors (Lipinski definition) is 3. The molecule has 0 aliphatic heterocycles. The van der Waals surface area contributed by atoms with Crippen LogP contribution in [0, 0.1) is 0 Å². The zero-order chi connectivity index (χ0) is 14.5. The second-order valence-electron chi connectivity index (χ2n) is 4.38. The summed E-state index contributed by atoms with van der Waals surface area (Å²) in [7, 11) is 0. The van der Waals surface area contributed by atoms with Crippen LogP contribution >= 0.6 is 0 Å². The van der Waals surface area contributed by atoms with Crippen LogP contribution in [-0.2, 0) is 19.5 Å². The molecule has 0 saturated heterocycles. The molecule has 4 N–H and O–H groups in total. The Balaban J connectivity index is 0. The molecule has 0 aliphatic carbocycles. The van der Waals surface area contributed by atoms with Crippen LogP contribution in [0.1, 0.15) is 55.8 Å². The van der Waals surface area contributed by atoms with Crippen molar-refractivity contribution in [3.05, 3.63) is 29.8 Å². The van der Waals surface area contributed by atoms with Gasteiger partial charge in [0.1, 0.15) is 11.3 Å². The normalized spacial score (nSPS) is 9.10. The molecule has 1 aromatic rings. The smallest absolute Gasteiger partial charge is 0.339 e. The van der Waals surface area contributed by atoms with Gasteiger partial charge in [0.05, 0.1) is 0 Å². The average molecular weight is 368 g/mol. The SMILES string of the molecule is CCCCCCCCN.O=C(O)c1ccccc1O.[Ru]. The summed E-state index contributed by atoms with van der Waals surface area (Å²) in [5, 5.41) is 17.3. The third kappa shape index (κ3) is 10.9.